The summed E-state index contributed by atoms with van der Waals surface area (Å²) in [5.74, 6) is 0.601. The Labute approximate surface area is 119 Å². The summed E-state index contributed by atoms with van der Waals surface area (Å²) >= 11 is 1.18. The Hall–Kier alpha value is -2.08. The van der Waals surface area contributed by atoms with Crippen molar-refractivity contribution in [2.45, 2.75) is 20.0 Å². The molecule has 20 heavy (non-hydrogen) atoms. The van der Waals surface area contributed by atoms with Gasteiger partial charge in [0.25, 0.3) is 5.91 Å². The zero-order chi connectivity index (χ0) is 14.4. The summed E-state index contributed by atoms with van der Waals surface area (Å²) in [6, 6.07) is 5.59. The molecule has 1 aliphatic rings. The highest BCUT2D eigenvalue weighted by Crippen LogP contribution is 2.37. The second-order valence-corrected chi connectivity index (χ2v) is 5.97. The molecule has 2 aromatic rings. The van der Waals surface area contributed by atoms with E-state index in [4.69, 9.17) is 4.74 Å². The number of hydrogen-bond donors (Lipinski definition) is 1. The molecule has 6 heteroatoms. The number of fused-ring (bicyclic) bond motifs is 1. The highest BCUT2D eigenvalue weighted by Gasteiger charge is 2.29. The highest BCUT2D eigenvalue weighted by molar-refractivity contribution is 7.09. The average molecular weight is 290 g/mol. The molecule has 104 valence electrons. The molecule has 3 rings (SSSR count). The first kappa shape index (κ1) is 12.9. The van der Waals surface area contributed by atoms with Gasteiger partial charge >= 0.3 is 4.87 Å². The maximum atomic E-state index is 12.0. The predicted molar refractivity (Wildman–Crippen MR) is 78.6 cm³/mol. The summed E-state index contributed by atoms with van der Waals surface area (Å²) in [4.78, 5) is 28.6. The van der Waals surface area contributed by atoms with Crippen LogP contribution in [0.2, 0.25) is 0 Å². The van der Waals surface area contributed by atoms with Gasteiger partial charge in [-0.3, -0.25) is 9.59 Å². The number of nitrogens with one attached hydrogen (secondary N) is 1. The van der Waals surface area contributed by atoms with Gasteiger partial charge in [-0.05, 0) is 32.0 Å². The van der Waals surface area contributed by atoms with Crippen LogP contribution < -0.4 is 14.5 Å². The molecule has 5 nitrogen and oxygen atoms in total. The van der Waals surface area contributed by atoms with Gasteiger partial charge < -0.3 is 14.6 Å². The number of likely N-dealkylation sites (N-methyl/N-ethyl adjacent to an activating group) is 1. The molecule has 0 saturated carbocycles. The topological polar surface area (TPSA) is 62.4 Å². The van der Waals surface area contributed by atoms with Crippen molar-refractivity contribution in [1.82, 2.24) is 4.98 Å². The molecule has 0 spiro atoms. The number of amides is 1. The van der Waals surface area contributed by atoms with Gasteiger partial charge in [0.15, 0.2) is 6.10 Å². The fourth-order valence-electron chi connectivity index (χ4n) is 2.35. The number of carbonyl (C=O) groups is 1. The van der Waals surface area contributed by atoms with Crippen LogP contribution in [-0.4, -0.2) is 24.0 Å². The third kappa shape index (κ3) is 1.92. The van der Waals surface area contributed by atoms with Crippen molar-refractivity contribution in [2.75, 3.05) is 11.9 Å². The maximum Gasteiger partial charge on any atom is 0.305 e. The minimum atomic E-state index is -0.471. The van der Waals surface area contributed by atoms with Crippen LogP contribution in [0, 0.1) is 6.92 Å². The van der Waals surface area contributed by atoms with Crippen LogP contribution in [0.5, 0.6) is 5.75 Å². The summed E-state index contributed by atoms with van der Waals surface area (Å²) in [7, 11) is 1.73. The molecule has 1 amide bonds. The number of thiazole rings is 1. The van der Waals surface area contributed by atoms with Crippen LogP contribution in [0.15, 0.2) is 23.0 Å². The van der Waals surface area contributed by atoms with Gasteiger partial charge in [0.2, 0.25) is 0 Å². The molecule has 1 atom stereocenters. The number of rotatable bonds is 1. The van der Waals surface area contributed by atoms with Crippen molar-refractivity contribution in [1.29, 1.82) is 0 Å². The maximum absolute atomic E-state index is 12.0. The van der Waals surface area contributed by atoms with Gasteiger partial charge in [0, 0.05) is 17.5 Å². The molecule has 0 aliphatic carbocycles. The van der Waals surface area contributed by atoms with E-state index in [0.29, 0.717) is 5.75 Å². The predicted octanol–water partition coefficient (Wildman–Crippen LogP) is 2.16. The molecule has 2 heterocycles. The Kier molecular flexibility index (Phi) is 2.90. The van der Waals surface area contributed by atoms with E-state index in [-0.39, 0.29) is 10.8 Å². The first-order valence-electron chi connectivity index (χ1n) is 6.25. The summed E-state index contributed by atoms with van der Waals surface area (Å²) in [6.45, 7) is 3.63. The molecule has 1 N–H and O–H groups in total. The molecule has 1 aliphatic heterocycles. The number of aryl methyl sites for hydroxylation is 1. The molecule has 1 unspecified atom stereocenters. The fraction of sp³-hybridized carbons (Fsp3) is 0.286. The number of benzene rings is 1. The highest BCUT2D eigenvalue weighted by atomic mass is 32.1. The average Bonchev–Trinajstić information content (AvgIpc) is 2.75. The number of anilines is 1. The third-order valence-corrected chi connectivity index (χ3v) is 4.21. The SMILES string of the molecule is Cc1sc(=O)[nH]c1-c1ccc2c(c1)N(C)C(=O)C(C)O2. The van der Waals surface area contributed by atoms with Gasteiger partial charge in [-0.1, -0.05) is 11.3 Å². The molecular weight excluding hydrogens is 276 g/mol. The third-order valence-electron chi connectivity index (χ3n) is 3.42. The largest absolute Gasteiger partial charge is 0.479 e. The fourth-order valence-corrected chi connectivity index (χ4v) is 3.05. The molecule has 1 aromatic carbocycles. The van der Waals surface area contributed by atoms with Crippen molar-refractivity contribution < 1.29 is 9.53 Å². The summed E-state index contributed by atoms with van der Waals surface area (Å²) in [6.07, 6.45) is -0.471. The molecule has 0 radical (unpaired) electrons. The number of aromatic amines is 1. The van der Waals surface area contributed by atoms with Crippen molar-refractivity contribution in [3.8, 4) is 17.0 Å². The van der Waals surface area contributed by atoms with Gasteiger partial charge in [-0.25, -0.2) is 0 Å². The lowest BCUT2D eigenvalue weighted by Gasteiger charge is -2.30. The Morgan fingerprint density at radius 3 is 2.75 bits per heavy atom. The zero-order valence-corrected chi connectivity index (χ0v) is 12.2. The number of ether oxygens (including phenoxy) is 1. The van der Waals surface area contributed by atoms with Crippen molar-refractivity contribution >= 4 is 22.9 Å². The van der Waals surface area contributed by atoms with E-state index in [2.05, 4.69) is 4.98 Å². The lowest BCUT2D eigenvalue weighted by molar-refractivity contribution is -0.125. The number of nitrogens with zero attached hydrogens (tertiary/aromatic N) is 1. The lowest BCUT2D eigenvalue weighted by Crippen LogP contribution is -2.41. The number of aromatic nitrogens is 1. The molecule has 0 saturated heterocycles. The molecular formula is C14H14N2O3S. The minimum absolute atomic E-state index is 0.0785. The quantitative estimate of drug-likeness (QED) is 0.875. The standard InChI is InChI=1S/C14H14N2O3S/c1-7-13(17)16(3)10-6-9(4-5-11(10)19-7)12-8(2)20-14(18)15-12/h4-7H,1-3H3,(H,15,18). The Bertz CT molecular complexity index is 747. The number of hydrogen-bond acceptors (Lipinski definition) is 4. The van der Waals surface area contributed by atoms with E-state index in [1.165, 1.54) is 11.3 Å². The first-order chi connectivity index (χ1) is 9.47. The Morgan fingerprint density at radius 1 is 1.35 bits per heavy atom. The van der Waals surface area contributed by atoms with Crippen LogP contribution in [-0.2, 0) is 4.79 Å². The number of H-pyrrole nitrogens is 1. The number of carbonyl (C=O) groups excluding carboxylic acids is 1. The normalized spacial score (nSPS) is 17.9. The van der Waals surface area contributed by atoms with E-state index >= 15 is 0 Å². The van der Waals surface area contributed by atoms with E-state index in [0.717, 1.165) is 21.8 Å². The van der Waals surface area contributed by atoms with Crippen LogP contribution in [0.4, 0.5) is 5.69 Å². The van der Waals surface area contributed by atoms with Crippen molar-refractivity contribution in [3.05, 3.63) is 32.7 Å². The summed E-state index contributed by atoms with van der Waals surface area (Å²) < 4.78 is 5.58. The summed E-state index contributed by atoms with van der Waals surface area (Å²) in [5.41, 5.74) is 2.39. The van der Waals surface area contributed by atoms with Crippen molar-refractivity contribution in [3.63, 3.8) is 0 Å². The second-order valence-electron chi connectivity index (χ2n) is 4.79. The van der Waals surface area contributed by atoms with Crippen LogP contribution >= 0.6 is 11.3 Å². The molecule has 1 aromatic heterocycles. The van der Waals surface area contributed by atoms with Gasteiger partial charge in [-0.2, -0.15) is 0 Å². The smallest absolute Gasteiger partial charge is 0.305 e. The van der Waals surface area contributed by atoms with E-state index in [9.17, 15) is 9.59 Å². The molecule has 0 bridgehead atoms. The molecule has 0 fully saturated rings. The van der Waals surface area contributed by atoms with Gasteiger partial charge in [0.1, 0.15) is 5.75 Å². The zero-order valence-electron chi connectivity index (χ0n) is 11.4. The Balaban J connectivity index is 2.12. The van der Waals surface area contributed by atoms with Gasteiger partial charge in [0.05, 0.1) is 11.4 Å². The van der Waals surface area contributed by atoms with E-state index in [1.54, 1.807) is 18.9 Å². The van der Waals surface area contributed by atoms with E-state index in [1.807, 2.05) is 25.1 Å². The Morgan fingerprint density at radius 2 is 2.10 bits per heavy atom. The monoisotopic (exact) mass is 290 g/mol. The van der Waals surface area contributed by atoms with Crippen LogP contribution in [0.25, 0.3) is 11.3 Å². The minimum Gasteiger partial charge on any atom is -0.479 e. The van der Waals surface area contributed by atoms with E-state index < -0.39 is 6.10 Å². The lowest BCUT2D eigenvalue weighted by atomic mass is 10.1. The van der Waals surface area contributed by atoms with Gasteiger partial charge in [-0.15, -0.1) is 0 Å². The second kappa shape index (κ2) is 4.49. The van der Waals surface area contributed by atoms with Crippen molar-refractivity contribution in [2.24, 2.45) is 0 Å². The van der Waals surface area contributed by atoms with Crippen LogP contribution in [0.3, 0.4) is 0 Å². The van der Waals surface area contributed by atoms with Crippen LogP contribution in [0.1, 0.15) is 11.8 Å². The first-order valence-corrected chi connectivity index (χ1v) is 7.07. The summed E-state index contributed by atoms with van der Waals surface area (Å²) in [5, 5.41) is 0.